The molecule has 1 fully saturated rings. The number of hydrogen-bond acceptors (Lipinski definition) is 7. The number of rotatable bonds is 6. The number of halogens is 2. The largest absolute Gasteiger partial charge is 0.507 e. The van der Waals surface area contributed by atoms with Crippen molar-refractivity contribution in [3.05, 3.63) is 109 Å². The molecule has 4 aromatic rings. The molecule has 2 heterocycles. The quantitative estimate of drug-likeness (QED) is 0.0577. The van der Waals surface area contributed by atoms with Crippen molar-refractivity contribution in [1.29, 1.82) is 0 Å². The molecule has 0 radical (unpaired) electrons. The van der Waals surface area contributed by atoms with E-state index in [9.17, 15) is 14.7 Å². The number of anilines is 1. The molecule has 0 spiro atoms. The van der Waals surface area contributed by atoms with Gasteiger partial charge < -0.3 is 5.11 Å². The number of aryl methyl sites for hydroxylation is 2. The summed E-state index contributed by atoms with van der Waals surface area (Å²) in [5.41, 5.74) is 3.94. The third kappa shape index (κ3) is 5.25. The van der Waals surface area contributed by atoms with Crippen LogP contribution in [-0.2, 0) is 15.3 Å². The summed E-state index contributed by atoms with van der Waals surface area (Å²) in [6, 6.07) is 19.9. The van der Waals surface area contributed by atoms with Gasteiger partial charge in [-0.2, -0.15) is 0 Å². The zero-order valence-electron chi connectivity index (χ0n) is 20.3. The highest BCUT2D eigenvalue weighted by molar-refractivity contribution is 14.1. The van der Waals surface area contributed by atoms with Crippen LogP contribution < -0.4 is 4.90 Å². The lowest BCUT2D eigenvalue weighted by Gasteiger charge is -2.22. The van der Waals surface area contributed by atoms with Crippen LogP contribution >= 0.6 is 57.3 Å². The van der Waals surface area contributed by atoms with Crippen LogP contribution in [0.3, 0.4) is 0 Å². The Kier molecular flexibility index (Phi) is 7.90. The summed E-state index contributed by atoms with van der Waals surface area (Å²) in [7, 11) is 0. The number of thioether (sulfide) groups is 1. The van der Waals surface area contributed by atoms with Gasteiger partial charge in [-0.3, -0.25) is 14.5 Å². The van der Waals surface area contributed by atoms with Crippen LogP contribution in [0.5, 0.6) is 0 Å². The van der Waals surface area contributed by atoms with E-state index in [1.165, 1.54) is 28.0 Å². The number of benzene rings is 3. The van der Waals surface area contributed by atoms with E-state index in [-0.39, 0.29) is 16.5 Å². The van der Waals surface area contributed by atoms with Crippen LogP contribution in [0.25, 0.3) is 5.76 Å². The minimum atomic E-state index is -0.846. The van der Waals surface area contributed by atoms with Crippen LogP contribution in [0, 0.1) is 17.4 Å². The Hall–Kier alpha value is -2.73. The Labute approximate surface area is 246 Å². The molecule has 0 aliphatic carbocycles. The Morgan fingerprint density at radius 1 is 1.08 bits per heavy atom. The molecule has 1 amide bonds. The van der Waals surface area contributed by atoms with Gasteiger partial charge in [0.25, 0.3) is 5.78 Å². The average Bonchev–Trinajstić information content (AvgIpc) is 3.47. The van der Waals surface area contributed by atoms with Crippen LogP contribution in [0.15, 0.2) is 76.6 Å². The molecule has 6 nitrogen and oxygen atoms in total. The SMILES string of the molecule is Cc1ccc(C)c(/C(O)=C2\C(=O)C(=O)N(c3nnc(SCc4ccccc4Cl)s3)C2c2ccc(I)cc2)c1. The van der Waals surface area contributed by atoms with E-state index in [0.717, 1.165) is 20.3 Å². The molecule has 10 heteroatoms. The third-order valence-electron chi connectivity index (χ3n) is 6.19. The molecule has 1 unspecified atom stereocenters. The van der Waals surface area contributed by atoms with Gasteiger partial charge in [-0.05, 0) is 77.4 Å². The van der Waals surface area contributed by atoms with Crippen LogP contribution in [0.2, 0.25) is 5.02 Å². The molecule has 0 saturated carbocycles. The summed E-state index contributed by atoms with van der Waals surface area (Å²) >= 11 is 11.2. The highest BCUT2D eigenvalue weighted by atomic mass is 127. The molecule has 1 aliphatic heterocycles. The number of Topliss-reactive ketones (excluding diaryl/α,β-unsaturated/α-hetero) is 1. The molecule has 0 bridgehead atoms. The van der Waals surface area contributed by atoms with Gasteiger partial charge in [-0.25, -0.2) is 0 Å². The smallest absolute Gasteiger partial charge is 0.301 e. The number of aliphatic hydroxyl groups excluding tert-OH is 1. The molecular weight excluding hydrogens is 653 g/mol. The van der Waals surface area contributed by atoms with Gasteiger partial charge >= 0.3 is 5.91 Å². The van der Waals surface area contributed by atoms with Gasteiger partial charge in [0.05, 0.1) is 11.6 Å². The number of aliphatic hydroxyl groups is 1. The van der Waals surface area contributed by atoms with E-state index in [1.807, 2.05) is 80.6 Å². The van der Waals surface area contributed by atoms with Crippen molar-refractivity contribution in [2.75, 3.05) is 4.90 Å². The van der Waals surface area contributed by atoms with Crippen molar-refractivity contribution in [3.8, 4) is 0 Å². The second-order valence-electron chi connectivity index (χ2n) is 8.77. The Balaban J connectivity index is 1.57. The fourth-order valence-corrected chi connectivity index (χ4v) is 6.75. The molecule has 1 saturated heterocycles. The lowest BCUT2D eigenvalue weighted by atomic mass is 9.93. The summed E-state index contributed by atoms with van der Waals surface area (Å²) in [4.78, 5) is 28.2. The predicted molar refractivity (Wildman–Crippen MR) is 161 cm³/mol. The van der Waals surface area contributed by atoms with E-state index in [2.05, 4.69) is 32.8 Å². The summed E-state index contributed by atoms with van der Waals surface area (Å²) in [6.07, 6.45) is 0. The van der Waals surface area contributed by atoms with E-state index in [0.29, 0.717) is 26.2 Å². The molecule has 1 aliphatic rings. The zero-order valence-corrected chi connectivity index (χ0v) is 24.9. The molecule has 1 N–H and O–H groups in total. The molecule has 38 heavy (non-hydrogen) atoms. The first-order valence-corrected chi connectivity index (χ1v) is 14.8. The van der Waals surface area contributed by atoms with E-state index >= 15 is 0 Å². The van der Waals surface area contributed by atoms with Crippen molar-refractivity contribution in [2.24, 2.45) is 0 Å². The molecule has 3 aromatic carbocycles. The number of hydrogen-bond donors (Lipinski definition) is 1. The topological polar surface area (TPSA) is 83.4 Å². The second-order valence-corrected chi connectivity index (χ2v) is 12.6. The minimum absolute atomic E-state index is 0.0328. The van der Waals surface area contributed by atoms with Crippen LogP contribution in [-0.4, -0.2) is 27.0 Å². The van der Waals surface area contributed by atoms with Gasteiger partial charge in [0.15, 0.2) is 4.34 Å². The van der Waals surface area contributed by atoms with Gasteiger partial charge in [-0.1, -0.05) is 82.7 Å². The first-order chi connectivity index (χ1) is 18.2. The number of ketones is 1. The number of carbonyl (C=O) groups is 2. The molecule has 192 valence electrons. The Bertz CT molecular complexity index is 1590. The fourth-order valence-electron chi connectivity index (χ4n) is 4.24. The van der Waals surface area contributed by atoms with Crippen LogP contribution in [0.4, 0.5) is 5.13 Å². The first-order valence-electron chi connectivity index (χ1n) is 11.6. The lowest BCUT2D eigenvalue weighted by Crippen LogP contribution is -2.29. The summed E-state index contributed by atoms with van der Waals surface area (Å²) in [5.74, 6) is -1.12. The van der Waals surface area contributed by atoms with Gasteiger partial charge in [0, 0.05) is 19.9 Å². The van der Waals surface area contributed by atoms with Gasteiger partial charge in [-0.15, -0.1) is 10.2 Å². The van der Waals surface area contributed by atoms with Crippen molar-refractivity contribution in [2.45, 2.75) is 30.0 Å². The Morgan fingerprint density at radius 3 is 2.55 bits per heavy atom. The second kappa shape index (κ2) is 11.2. The van der Waals surface area contributed by atoms with Gasteiger partial charge in [0.2, 0.25) is 5.13 Å². The third-order valence-corrected chi connectivity index (χ3v) is 9.38. The summed E-state index contributed by atoms with van der Waals surface area (Å²) in [5, 5.41) is 20.9. The monoisotopic (exact) mass is 673 g/mol. The predicted octanol–water partition coefficient (Wildman–Crippen LogP) is 7.33. The maximum atomic E-state index is 13.4. The minimum Gasteiger partial charge on any atom is -0.507 e. The van der Waals surface area contributed by atoms with Crippen molar-refractivity contribution >= 4 is 79.9 Å². The van der Waals surface area contributed by atoms with Crippen molar-refractivity contribution in [3.63, 3.8) is 0 Å². The molecule has 5 rings (SSSR count). The highest BCUT2D eigenvalue weighted by Gasteiger charge is 2.48. The van der Waals surface area contributed by atoms with Crippen molar-refractivity contribution < 1.29 is 14.7 Å². The van der Waals surface area contributed by atoms with E-state index < -0.39 is 17.7 Å². The lowest BCUT2D eigenvalue weighted by molar-refractivity contribution is -0.132. The number of aromatic nitrogens is 2. The maximum Gasteiger partial charge on any atom is 0.301 e. The maximum absolute atomic E-state index is 13.4. The summed E-state index contributed by atoms with van der Waals surface area (Å²) in [6.45, 7) is 3.77. The molecule has 1 aromatic heterocycles. The number of nitrogens with zero attached hydrogens (tertiary/aromatic N) is 3. The first kappa shape index (κ1) is 26.9. The van der Waals surface area contributed by atoms with E-state index in [4.69, 9.17) is 11.6 Å². The van der Waals surface area contributed by atoms with Gasteiger partial charge in [0.1, 0.15) is 5.76 Å². The summed E-state index contributed by atoms with van der Waals surface area (Å²) < 4.78 is 1.64. The average molecular weight is 674 g/mol. The molecular formula is C28H21ClIN3O3S2. The van der Waals surface area contributed by atoms with Crippen LogP contribution in [0.1, 0.15) is 33.9 Å². The highest BCUT2D eigenvalue weighted by Crippen LogP contribution is 2.44. The molecule has 1 atom stereocenters. The number of carbonyl (C=O) groups excluding carboxylic acids is 2. The zero-order chi connectivity index (χ0) is 27.0. The fraction of sp³-hybridized carbons (Fsp3) is 0.143. The normalized spacial score (nSPS) is 16.8. The number of amides is 1. The Morgan fingerprint density at radius 2 is 1.82 bits per heavy atom. The standard InChI is InChI=1S/C28H21ClIN3O3S2/c1-15-7-8-16(2)20(13-15)24(34)22-23(17-9-11-19(30)12-10-17)33(26(36)25(22)35)27-31-32-28(38-27)37-14-18-5-3-4-6-21(18)29/h3-13,23,34H,14H2,1-2H3/b24-22+. The van der Waals surface area contributed by atoms with Crippen molar-refractivity contribution in [1.82, 2.24) is 10.2 Å². The van der Waals surface area contributed by atoms with E-state index in [1.54, 1.807) is 0 Å².